The van der Waals surface area contributed by atoms with Crippen molar-refractivity contribution in [2.45, 2.75) is 38.9 Å². The summed E-state index contributed by atoms with van der Waals surface area (Å²) >= 11 is 0. The van der Waals surface area contributed by atoms with Crippen LogP contribution >= 0.6 is 0 Å². The highest BCUT2D eigenvalue weighted by atomic mass is 16.7. The third kappa shape index (κ3) is 2.75. The number of nitrogens with zero attached hydrogens (tertiary/aromatic N) is 1. The third-order valence-corrected chi connectivity index (χ3v) is 4.79. The van der Waals surface area contributed by atoms with Crippen LogP contribution in [0.2, 0.25) is 0 Å². The Morgan fingerprint density at radius 3 is 2.30 bits per heavy atom. The molecule has 0 N–H and O–H groups in total. The first kappa shape index (κ1) is 16.0. The summed E-state index contributed by atoms with van der Waals surface area (Å²) in [5.74, 6) is 0. The maximum absolute atomic E-state index is 6.25. The highest BCUT2D eigenvalue weighted by molar-refractivity contribution is 6.66. The average molecular weight is 311 g/mol. The number of hydrogen-bond acceptors (Lipinski definition) is 4. The Morgan fingerprint density at radius 2 is 1.65 bits per heavy atom. The first-order valence-electron chi connectivity index (χ1n) is 7.79. The summed E-state index contributed by atoms with van der Waals surface area (Å²) in [6.45, 7) is 8.23. The van der Waals surface area contributed by atoms with Gasteiger partial charge in [0.15, 0.2) is 0 Å². The van der Waals surface area contributed by atoms with Crippen LogP contribution in [-0.2, 0) is 14.1 Å². The smallest absolute Gasteiger partial charge is 0.399 e. The van der Waals surface area contributed by atoms with E-state index in [1.807, 2.05) is 18.2 Å². The minimum absolute atomic E-state index is 0.385. The Kier molecular flexibility index (Phi) is 3.94. The zero-order valence-corrected chi connectivity index (χ0v) is 14.3. The van der Waals surface area contributed by atoms with Crippen molar-refractivity contribution in [3.05, 3.63) is 42.0 Å². The van der Waals surface area contributed by atoms with Gasteiger partial charge in [-0.1, -0.05) is 41.6 Å². The second-order valence-corrected chi connectivity index (χ2v) is 6.79. The van der Waals surface area contributed by atoms with Crippen LogP contribution in [0.3, 0.4) is 0 Å². The lowest BCUT2D eigenvalue weighted by atomic mass is 9.73. The number of hydrogen-bond donors (Lipinski definition) is 0. The first-order valence-corrected chi connectivity index (χ1v) is 7.79. The second kappa shape index (κ2) is 5.66. The molecule has 0 aliphatic carbocycles. The van der Waals surface area contributed by atoms with E-state index in [1.165, 1.54) is 7.11 Å². The van der Waals surface area contributed by atoms with Crippen LogP contribution in [0.25, 0.3) is 10.8 Å². The van der Waals surface area contributed by atoms with Crippen molar-refractivity contribution >= 4 is 29.6 Å². The zero-order chi connectivity index (χ0) is 16.7. The summed E-state index contributed by atoms with van der Waals surface area (Å²) < 4.78 is 12.5. The highest BCUT2D eigenvalue weighted by Crippen LogP contribution is 2.37. The Morgan fingerprint density at radius 1 is 1.00 bits per heavy atom. The summed E-state index contributed by atoms with van der Waals surface area (Å²) in [6.07, 6.45) is 1.70. The van der Waals surface area contributed by atoms with Crippen molar-refractivity contribution < 1.29 is 14.1 Å². The summed E-state index contributed by atoms with van der Waals surface area (Å²) in [5.41, 5.74) is 1.15. The van der Waals surface area contributed by atoms with Gasteiger partial charge in [-0.15, -0.1) is 0 Å². The van der Waals surface area contributed by atoms with Crippen LogP contribution in [-0.4, -0.2) is 31.6 Å². The molecule has 0 spiro atoms. The molecule has 1 aliphatic heterocycles. The number of fused-ring (bicyclic) bond motifs is 1. The van der Waals surface area contributed by atoms with Crippen molar-refractivity contribution in [2.75, 3.05) is 7.11 Å². The van der Waals surface area contributed by atoms with Gasteiger partial charge in [0, 0.05) is 0 Å². The van der Waals surface area contributed by atoms with E-state index in [4.69, 9.17) is 14.1 Å². The van der Waals surface area contributed by atoms with E-state index in [0.717, 1.165) is 21.8 Å². The number of oxime groups is 1. The van der Waals surface area contributed by atoms with E-state index in [2.05, 4.69) is 51.0 Å². The molecular formula is C18H22BNO3. The molecule has 0 radical (unpaired) electrons. The van der Waals surface area contributed by atoms with Crippen LogP contribution in [0.15, 0.2) is 41.6 Å². The molecule has 1 heterocycles. The molecule has 1 saturated heterocycles. The molecule has 0 saturated carbocycles. The molecule has 1 fully saturated rings. The molecule has 1 aliphatic rings. The molecular weight excluding hydrogens is 289 g/mol. The minimum atomic E-state index is -0.440. The average Bonchev–Trinajstić information content (AvgIpc) is 2.72. The minimum Gasteiger partial charge on any atom is -0.399 e. The fourth-order valence-corrected chi connectivity index (χ4v) is 2.76. The standard InChI is InChI=1S/C18H22BNO3/c1-17(2)18(3,4)23-19(22-17)16-14(12-20-21-5)11-10-13-8-6-7-9-15(13)16/h6-12H,1-5H3/b20-12+. The normalized spacial score (nSPS) is 19.6. The molecule has 2 aromatic rings. The van der Waals surface area contributed by atoms with Gasteiger partial charge in [0.2, 0.25) is 0 Å². The van der Waals surface area contributed by atoms with Gasteiger partial charge < -0.3 is 14.1 Å². The van der Waals surface area contributed by atoms with Crippen molar-refractivity contribution in [1.82, 2.24) is 0 Å². The van der Waals surface area contributed by atoms with Gasteiger partial charge >= 0.3 is 7.12 Å². The Bertz CT molecular complexity index is 739. The lowest BCUT2D eigenvalue weighted by Gasteiger charge is -2.32. The fraction of sp³-hybridized carbons (Fsp3) is 0.389. The molecule has 2 aromatic carbocycles. The molecule has 23 heavy (non-hydrogen) atoms. The maximum Gasteiger partial charge on any atom is 0.496 e. The lowest BCUT2D eigenvalue weighted by molar-refractivity contribution is 0.00578. The van der Waals surface area contributed by atoms with Gasteiger partial charge in [-0.2, -0.15) is 0 Å². The first-order chi connectivity index (χ1) is 10.9. The van der Waals surface area contributed by atoms with Crippen LogP contribution in [0, 0.1) is 0 Å². The van der Waals surface area contributed by atoms with E-state index in [-0.39, 0.29) is 11.2 Å². The van der Waals surface area contributed by atoms with Crippen LogP contribution in [0.1, 0.15) is 33.3 Å². The summed E-state index contributed by atoms with van der Waals surface area (Å²) in [7, 11) is 1.09. The number of benzene rings is 2. The lowest BCUT2D eigenvalue weighted by Crippen LogP contribution is -2.41. The molecule has 120 valence electrons. The largest absolute Gasteiger partial charge is 0.496 e. The highest BCUT2D eigenvalue weighted by Gasteiger charge is 2.52. The molecule has 5 heteroatoms. The number of rotatable bonds is 3. The maximum atomic E-state index is 6.25. The van der Waals surface area contributed by atoms with E-state index < -0.39 is 7.12 Å². The fourth-order valence-electron chi connectivity index (χ4n) is 2.76. The second-order valence-electron chi connectivity index (χ2n) is 6.79. The SMILES string of the molecule is CO/N=C/c1ccc2ccccc2c1B1OC(C)(C)C(C)(C)O1. The van der Waals surface area contributed by atoms with E-state index in [9.17, 15) is 0 Å². The van der Waals surface area contributed by atoms with Crippen LogP contribution < -0.4 is 5.46 Å². The molecule has 0 aromatic heterocycles. The van der Waals surface area contributed by atoms with Gasteiger partial charge in [-0.05, 0) is 49.5 Å². The van der Waals surface area contributed by atoms with Gasteiger partial charge in [-0.3, -0.25) is 0 Å². The van der Waals surface area contributed by atoms with Crippen molar-refractivity contribution in [3.63, 3.8) is 0 Å². The monoisotopic (exact) mass is 311 g/mol. The summed E-state index contributed by atoms with van der Waals surface area (Å²) in [6, 6.07) is 12.3. The molecule has 0 amide bonds. The Hall–Kier alpha value is -1.85. The van der Waals surface area contributed by atoms with E-state index in [1.54, 1.807) is 6.21 Å². The summed E-state index contributed by atoms with van der Waals surface area (Å²) in [4.78, 5) is 4.85. The van der Waals surface area contributed by atoms with Crippen molar-refractivity contribution in [3.8, 4) is 0 Å². The van der Waals surface area contributed by atoms with E-state index >= 15 is 0 Å². The third-order valence-electron chi connectivity index (χ3n) is 4.79. The molecule has 0 atom stereocenters. The van der Waals surface area contributed by atoms with Gasteiger partial charge in [-0.25, -0.2) is 0 Å². The zero-order valence-electron chi connectivity index (χ0n) is 14.3. The molecule has 4 nitrogen and oxygen atoms in total. The predicted octanol–water partition coefficient (Wildman–Crippen LogP) is 3.12. The summed E-state index contributed by atoms with van der Waals surface area (Å²) in [5, 5.41) is 6.17. The van der Waals surface area contributed by atoms with Gasteiger partial charge in [0.1, 0.15) is 7.11 Å². The van der Waals surface area contributed by atoms with Crippen molar-refractivity contribution in [1.29, 1.82) is 0 Å². The topological polar surface area (TPSA) is 40.0 Å². The van der Waals surface area contributed by atoms with Crippen LogP contribution in [0.5, 0.6) is 0 Å². The Labute approximate surface area is 137 Å². The van der Waals surface area contributed by atoms with E-state index in [0.29, 0.717) is 0 Å². The Balaban J connectivity index is 2.17. The van der Waals surface area contributed by atoms with Crippen LogP contribution in [0.4, 0.5) is 0 Å². The molecule has 0 bridgehead atoms. The predicted molar refractivity (Wildman–Crippen MR) is 94.3 cm³/mol. The van der Waals surface area contributed by atoms with Gasteiger partial charge in [0.25, 0.3) is 0 Å². The van der Waals surface area contributed by atoms with Crippen molar-refractivity contribution in [2.24, 2.45) is 5.16 Å². The van der Waals surface area contributed by atoms with Gasteiger partial charge in [0.05, 0.1) is 17.4 Å². The molecule has 0 unspecified atom stereocenters. The quantitative estimate of drug-likeness (QED) is 0.497. The molecule has 3 rings (SSSR count).